The van der Waals surface area contributed by atoms with Crippen molar-refractivity contribution >= 4 is 11.9 Å². The maximum Gasteiger partial charge on any atom is 0.330 e. The van der Waals surface area contributed by atoms with Crippen molar-refractivity contribution in [3.05, 3.63) is 12.2 Å². The van der Waals surface area contributed by atoms with Gasteiger partial charge in [0.05, 0.1) is 13.2 Å². The number of methoxy groups -OCH3 is 1. The van der Waals surface area contributed by atoms with Gasteiger partial charge in [-0.3, -0.25) is 9.59 Å². The summed E-state index contributed by atoms with van der Waals surface area (Å²) in [5, 5.41) is 0. The molecule has 1 saturated heterocycles. The van der Waals surface area contributed by atoms with E-state index in [-0.39, 0.29) is 6.10 Å². The van der Waals surface area contributed by atoms with Crippen LogP contribution in [0, 0.1) is 5.41 Å². The fourth-order valence-corrected chi connectivity index (χ4v) is 2.38. The number of fused-ring (bicyclic) bond motifs is 2. The summed E-state index contributed by atoms with van der Waals surface area (Å²) in [4.78, 5) is 23.9. The molecular weight excluding hydrogens is 236 g/mol. The Kier molecular flexibility index (Phi) is 3.71. The molecule has 0 amide bonds. The van der Waals surface area contributed by atoms with Crippen LogP contribution in [0.1, 0.15) is 26.2 Å². The normalized spacial score (nSPS) is 33.3. The SMILES string of the molecule is CCCCOC1CC2C=CC1(C(=O)OC)C(=O)O2. The van der Waals surface area contributed by atoms with Crippen molar-refractivity contribution in [2.75, 3.05) is 13.7 Å². The maximum atomic E-state index is 12.0. The molecule has 1 fully saturated rings. The highest BCUT2D eigenvalue weighted by Gasteiger charge is 2.60. The second kappa shape index (κ2) is 5.10. The number of rotatable bonds is 5. The summed E-state index contributed by atoms with van der Waals surface area (Å²) in [5.41, 5.74) is -1.41. The van der Waals surface area contributed by atoms with Crippen LogP contribution >= 0.6 is 0 Å². The molecule has 1 aliphatic carbocycles. The van der Waals surface area contributed by atoms with Gasteiger partial charge in [0.1, 0.15) is 6.10 Å². The lowest BCUT2D eigenvalue weighted by molar-refractivity contribution is -0.195. The zero-order valence-corrected chi connectivity index (χ0v) is 10.7. The van der Waals surface area contributed by atoms with Gasteiger partial charge in [-0.15, -0.1) is 0 Å². The summed E-state index contributed by atoms with van der Waals surface area (Å²) < 4.78 is 15.6. The maximum absolute atomic E-state index is 12.0. The second-order valence-electron chi connectivity index (χ2n) is 4.61. The van der Waals surface area contributed by atoms with E-state index >= 15 is 0 Å². The van der Waals surface area contributed by atoms with Gasteiger partial charge in [-0.2, -0.15) is 0 Å². The van der Waals surface area contributed by atoms with Crippen molar-refractivity contribution in [1.82, 2.24) is 0 Å². The van der Waals surface area contributed by atoms with Gasteiger partial charge in [-0.05, 0) is 12.5 Å². The number of carbonyl (C=O) groups is 2. The van der Waals surface area contributed by atoms with Gasteiger partial charge in [-0.25, -0.2) is 0 Å². The van der Waals surface area contributed by atoms with Crippen LogP contribution in [0.25, 0.3) is 0 Å². The molecule has 18 heavy (non-hydrogen) atoms. The summed E-state index contributed by atoms with van der Waals surface area (Å²) in [6, 6.07) is 0. The van der Waals surface area contributed by atoms with Crippen molar-refractivity contribution in [2.45, 2.75) is 38.4 Å². The Labute approximate surface area is 106 Å². The van der Waals surface area contributed by atoms with E-state index in [2.05, 4.69) is 6.92 Å². The molecule has 5 heteroatoms. The Morgan fingerprint density at radius 1 is 1.61 bits per heavy atom. The van der Waals surface area contributed by atoms with E-state index in [4.69, 9.17) is 14.2 Å². The molecule has 2 bridgehead atoms. The Hall–Kier alpha value is -1.36. The van der Waals surface area contributed by atoms with Crippen LogP contribution in [0.5, 0.6) is 0 Å². The third-order valence-electron chi connectivity index (χ3n) is 3.46. The van der Waals surface area contributed by atoms with E-state index in [1.54, 1.807) is 12.2 Å². The molecule has 0 aromatic carbocycles. The van der Waals surface area contributed by atoms with Crippen LogP contribution in [-0.4, -0.2) is 37.9 Å². The lowest BCUT2D eigenvalue weighted by Crippen LogP contribution is -2.58. The number of hydrogen-bond acceptors (Lipinski definition) is 5. The van der Waals surface area contributed by atoms with Gasteiger partial charge in [-0.1, -0.05) is 19.4 Å². The monoisotopic (exact) mass is 254 g/mol. The van der Waals surface area contributed by atoms with Gasteiger partial charge in [0.25, 0.3) is 0 Å². The second-order valence-corrected chi connectivity index (χ2v) is 4.61. The van der Waals surface area contributed by atoms with Crippen LogP contribution in [0.15, 0.2) is 12.2 Å². The molecule has 2 heterocycles. The molecule has 5 nitrogen and oxygen atoms in total. The van der Waals surface area contributed by atoms with Crippen molar-refractivity contribution in [3.63, 3.8) is 0 Å². The first-order valence-corrected chi connectivity index (χ1v) is 6.25. The molecule has 0 N–H and O–H groups in total. The van der Waals surface area contributed by atoms with Crippen LogP contribution in [-0.2, 0) is 23.8 Å². The van der Waals surface area contributed by atoms with Gasteiger partial charge in [0.15, 0.2) is 0 Å². The lowest BCUT2D eigenvalue weighted by atomic mass is 9.73. The molecule has 2 aliphatic heterocycles. The van der Waals surface area contributed by atoms with Crippen LogP contribution < -0.4 is 0 Å². The number of carbonyl (C=O) groups excluding carboxylic acids is 2. The number of ether oxygens (including phenoxy) is 3. The van der Waals surface area contributed by atoms with Gasteiger partial charge in [0, 0.05) is 13.0 Å². The van der Waals surface area contributed by atoms with Gasteiger partial charge < -0.3 is 14.2 Å². The standard InChI is InChI=1S/C13H18O5/c1-3-4-7-17-10-8-9-5-6-13(10,11(14)16-2)12(15)18-9/h5-6,9-10H,3-4,7-8H2,1-2H3. The van der Waals surface area contributed by atoms with Crippen molar-refractivity contribution in [1.29, 1.82) is 0 Å². The minimum absolute atomic E-state index is 0.282. The molecule has 0 aromatic heterocycles. The third kappa shape index (κ3) is 1.92. The summed E-state index contributed by atoms with van der Waals surface area (Å²) in [6.45, 7) is 2.59. The highest BCUT2D eigenvalue weighted by molar-refractivity contribution is 6.04. The summed E-state index contributed by atoms with van der Waals surface area (Å²) in [7, 11) is 1.27. The first kappa shape index (κ1) is 13.1. The van der Waals surface area contributed by atoms with Gasteiger partial charge >= 0.3 is 11.9 Å². The molecule has 3 aliphatic rings. The van der Waals surface area contributed by atoms with Crippen LogP contribution in [0.2, 0.25) is 0 Å². The molecule has 3 rings (SSSR count). The van der Waals surface area contributed by atoms with E-state index in [1.165, 1.54) is 7.11 Å². The Balaban J connectivity index is 2.21. The average molecular weight is 254 g/mol. The quantitative estimate of drug-likeness (QED) is 0.319. The highest BCUT2D eigenvalue weighted by Crippen LogP contribution is 2.42. The topological polar surface area (TPSA) is 61.8 Å². The first-order chi connectivity index (χ1) is 8.65. The lowest BCUT2D eigenvalue weighted by Gasteiger charge is -2.43. The molecule has 0 radical (unpaired) electrons. The van der Waals surface area contributed by atoms with Crippen molar-refractivity contribution in [2.24, 2.45) is 5.41 Å². The summed E-state index contributed by atoms with van der Waals surface area (Å²) in [5.74, 6) is -1.17. The van der Waals surface area contributed by atoms with E-state index < -0.39 is 23.5 Å². The van der Waals surface area contributed by atoms with E-state index in [1.807, 2.05) is 0 Å². The Bertz CT molecular complexity index is 376. The summed E-state index contributed by atoms with van der Waals surface area (Å²) >= 11 is 0. The Morgan fingerprint density at radius 2 is 2.39 bits per heavy atom. The fraction of sp³-hybridized carbons (Fsp3) is 0.692. The number of hydrogen-bond donors (Lipinski definition) is 0. The predicted octanol–water partition coefficient (Wildman–Crippen LogP) is 1.22. The molecule has 100 valence electrons. The Morgan fingerprint density at radius 3 is 3.00 bits per heavy atom. The average Bonchev–Trinajstić information content (AvgIpc) is 2.38. The minimum atomic E-state index is -1.41. The summed E-state index contributed by atoms with van der Waals surface area (Å²) in [6.07, 6.45) is 4.97. The zero-order chi connectivity index (χ0) is 13.2. The van der Waals surface area contributed by atoms with Crippen LogP contribution in [0.3, 0.4) is 0 Å². The van der Waals surface area contributed by atoms with E-state index in [9.17, 15) is 9.59 Å². The third-order valence-corrected chi connectivity index (χ3v) is 3.46. The first-order valence-electron chi connectivity index (χ1n) is 6.25. The number of esters is 2. The van der Waals surface area contributed by atoms with E-state index in [0.717, 1.165) is 12.8 Å². The minimum Gasteiger partial charge on any atom is -0.468 e. The van der Waals surface area contributed by atoms with Crippen molar-refractivity contribution in [3.8, 4) is 0 Å². The van der Waals surface area contributed by atoms with E-state index in [0.29, 0.717) is 13.0 Å². The largest absolute Gasteiger partial charge is 0.468 e. The predicted molar refractivity (Wildman–Crippen MR) is 62.7 cm³/mol. The van der Waals surface area contributed by atoms with Crippen LogP contribution in [0.4, 0.5) is 0 Å². The molecule has 0 saturated carbocycles. The molecule has 3 unspecified atom stereocenters. The highest BCUT2D eigenvalue weighted by atomic mass is 16.6. The van der Waals surface area contributed by atoms with Gasteiger partial charge in [0.2, 0.25) is 5.41 Å². The molecule has 3 atom stereocenters. The molecule has 0 aromatic rings. The molecule has 0 spiro atoms. The fourth-order valence-electron chi connectivity index (χ4n) is 2.38. The molecular formula is C13H18O5. The smallest absolute Gasteiger partial charge is 0.330 e. The number of unbranched alkanes of at least 4 members (excludes halogenated alkanes) is 1. The zero-order valence-electron chi connectivity index (χ0n) is 10.7. The van der Waals surface area contributed by atoms with Crippen molar-refractivity contribution < 1.29 is 23.8 Å².